The van der Waals surface area contributed by atoms with Crippen LogP contribution < -0.4 is 4.74 Å². The standard InChI is InChI=1S/C22H34O6/c23-14-19-13-20(24)21(25)22(28-19)26-12-4-3-5-16-8-10-18(11-9-16)27-15-17-6-1-2-7-17/h8-11,17,19-25H,1-7,12-15H2/t19-,20-,21+,22+/m0/s1. The Kier molecular flexibility index (Phi) is 8.55. The van der Waals surface area contributed by atoms with Gasteiger partial charge in [0, 0.05) is 13.0 Å². The van der Waals surface area contributed by atoms with Gasteiger partial charge in [0.15, 0.2) is 6.29 Å². The molecule has 28 heavy (non-hydrogen) atoms. The van der Waals surface area contributed by atoms with Crippen molar-refractivity contribution >= 4 is 0 Å². The molecule has 1 aliphatic carbocycles. The second-order valence-corrected chi connectivity index (χ2v) is 8.04. The lowest BCUT2D eigenvalue weighted by Crippen LogP contribution is -2.50. The van der Waals surface area contributed by atoms with Gasteiger partial charge in [-0.1, -0.05) is 25.0 Å². The van der Waals surface area contributed by atoms with E-state index in [4.69, 9.17) is 14.2 Å². The normalized spacial score (nSPS) is 28.5. The summed E-state index contributed by atoms with van der Waals surface area (Å²) in [5, 5.41) is 28.9. The van der Waals surface area contributed by atoms with E-state index in [2.05, 4.69) is 12.1 Å². The summed E-state index contributed by atoms with van der Waals surface area (Å²) < 4.78 is 16.9. The van der Waals surface area contributed by atoms with Crippen molar-refractivity contribution in [3.63, 3.8) is 0 Å². The highest BCUT2D eigenvalue weighted by Gasteiger charge is 2.36. The van der Waals surface area contributed by atoms with E-state index in [0.29, 0.717) is 6.61 Å². The molecule has 0 aromatic heterocycles. The van der Waals surface area contributed by atoms with E-state index in [1.807, 2.05) is 12.1 Å². The van der Waals surface area contributed by atoms with E-state index < -0.39 is 24.6 Å². The second kappa shape index (κ2) is 11.1. The van der Waals surface area contributed by atoms with Crippen molar-refractivity contribution in [3.8, 4) is 5.75 Å². The van der Waals surface area contributed by atoms with Gasteiger partial charge in [-0.05, 0) is 55.7 Å². The average Bonchev–Trinajstić information content (AvgIpc) is 3.23. The fraction of sp³-hybridized carbons (Fsp3) is 0.727. The zero-order valence-corrected chi connectivity index (χ0v) is 16.5. The first-order valence-corrected chi connectivity index (χ1v) is 10.6. The number of hydrogen-bond acceptors (Lipinski definition) is 6. The van der Waals surface area contributed by atoms with Crippen molar-refractivity contribution < 1.29 is 29.5 Å². The van der Waals surface area contributed by atoms with Gasteiger partial charge in [0.25, 0.3) is 0 Å². The Morgan fingerprint density at radius 3 is 2.50 bits per heavy atom. The molecule has 3 N–H and O–H groups in total. The van der Waals surface area contributed by atoms with Crippen LogP contribution in [0.5, 0.6) is 5.75 Å². The van der Waals surface area contributed by atoms with Crippen LogP contribution in [0.2, 0.25) is 0 Å². The van der Waals surface area contributed by atoms with Crippen molar-refractivity contribution in [2.75, 3.05) is 19.8 Å². The number of benzene rings is 1. The van der Waals surface area contributed by atoms with E-state index in [0.717, 1.165) is 37.5 Å². The fourth-order valence-corrected chi connectivity index (χ4v) is 3.95. The lowest BCUT2D eigenvalue weighted by atomic mass is 10.0. The zero-order valence-electron chi connectivity index (χ0n) is 16.5. The molecule has 0 bridgehead atoms. The molecule has 1 saturated heterocycles. The van der Waals surface area contributed by atoms with Crippen molar-refractivity contribution in [3.05, 3.63) is 29.8 Å². The highest BCUT2D eigenvalue weighted by atomic mass is 16.7. The van der Waals surface area contributed by atoms with Crippen molar-refractivity contribution in [1.82, 2.24) is 0 Å². The largest absolute Gasteiger partial charge is 0.493 e. The molecule has 2 fully saturated rings. The first-order valence-electron chi connectivity index (χ1n) is 10.6. The maximum atomic E-state index is 9.93. The quantitative estimate of drug-likeness (QED) is 0.528. The molecule has 1 aromatic carbocycles. The fourth-order valence-electron chi connectivity index (χ4n) is 3.95. The van der Waals surface area contributed by atoms with Crippen LogP contribution in [0.3, 0.4) is 0 Å². The molecule has 6 nitrogen and oxygen atoms in total. The molecule has 158 valence electrons. The summed E-state index contributed by atoms with van der Waals surface area (Å²) in [6.07, 6.45) is 4.85. The smallest absolute Gasteiger partial charge is 0.186 e. The summed E-state index contributed by atoms with van der Waals surface area (Å²) in [4.78, 5) is 0. The van der Waals surface area contributed by atoms with Gasteiger partial charge in [-0.2, -0.15) is 0 Å². The zero-order chi connectivity index (χ0) is 19.8. The van der Waals surface area contributed by atoms with Gasteiger partial charge in [-0.15, -0.1) is 0 Å². The summed E-state index contributed by atoms with van der Waals surface area (Å²) >= 11 is 0. The number of ether oxygens (including phenoxy) is 3. The summed E-state index contributed by atoms with van der Waals surface area (Å²) in [5.74, 6) is 1.67. The Balaban J connectivity index is 1.30. The molecule has 0 radical (unpaired) electrons. The molecule has 1 aromatic rings. The van der Waals surface area contributed by atoms with E-state index >= 15 is 0 Å². The predicted molar refractivity (Wildman–Crippen MR) is 105 cm³/mol. The molecule has 1 aliphatic heterocycles. The Hall–Kier alpha value is -1.18. The van der Waals surface area contributed by atoms with Crippen LogP contribution in [0.1, 0.15) is 50.5 Å². The summed E-state index contributed by atoms with van der Waals surface area (Å²) in [6, 6.07) is 8.31. The van der Waals surface area contributed by atoms with Gasteiger partial charge in [-0.3, -0.25) is 0 Å². The minimum Gasteiger partial charge on any atom is -0.493 e. The van der Waals surface area contributed by atoms with Gasteiger partial charge in [-0.25, -0.2) is 0 Å². The van der Waals surface area contributed by atoms with E-state index in [1.165, 1.54) is 31.2 Å². The topological polar surface area (TPSA) is 88.4 Å². The van der Waals surface area contributed by atoms with Crippen molar-refractivity contribution in [2.45, 2.75) is 76.0 Å². The number of aliphatic hydroxyl groups is 3. The first kappa shape index (κ1) is 21.5. The predicted octanol–water partition coefficient (Wildman–Crippen LogP) is 2.42. The van der Waals surface area contributed by atoms with Crippen molar-refractivity contribution in [1.29, 1.82) is 0 Å². The lowest BCUT2D eigenvalue weighted by Gasteiger charge is -2.36. The molecular weight excluding hydrogens is 360 g/mol. The maximum Gasteiger partial charge on any atom is 0.186 e. The molecule has 6 heteroatoms. The average molecular weight is 395 g/mol. The molecule has 1 saturated carbocycles. The van der Waals surface area contributed by atoms with Gasteiger partial charge in [0.2, 0.25) is 0 Å². The Morgan fingerprint density at radius 2 is 1.79 bits per heavy atom. The van der Waals surface area contributed by atoms with Crippen LogP contribution in [0.15, 0.2) is 24.3 Å². The first-order chi connectivity index (χ1) is 13.7. The summed E-state index contributed by atoms with van der Waals surface area (Å²) in [7, 11) is 0. The molecule has 4 atom stereocenters. The van der Waals surface area contributed by atoms with Gasteiger partial charge in [0.05, 0.1) is 25.4 Å². The number of aliphatic hydroxyl groups excluding tert-OH is 3. The molecular formula is C22H34O6. The maximum absolute atomic E-state index is 9.93. The van der Waals surface area contributed by atoms with Gasteiger partial charge < -0.3 is 29.5 Å². The Labute approximate surface area is 167 Å². The van der Waals surface area contributed by atoms with Crippen molar-refractivity contribution in [2.24, 2.45) is 5.92 Å². The SMILES string of the molecule is OC[C@@H]1C[C@H](O)[C@@H](O)[C@H](OCCCCc2ccc(OCC3CCCC3)cc2)O1. The molecule has 2 aliphatic rings. The van der Waals surface area contributed by atoms with Gasteiger partial charge >= 0.3 is 0 Å². The van der Waals surface area contributed by atoms with Crippen LogP contribution in [0.4, 0.5) is 0 Å². The Morgan fingerprint density at radius 1 is 1.04 bits per heavy atom. The van der Waals surface area contributed by atoms with Crippen LogP contribution in [0.25, 0.3) is 0 Å². The van der Waals surface area contributed by atoms with Gasteiger partial charge in [0.1, 0.15) is 11.9 Å². The third-order valence-corrected chi connectivity index (χ3v) is 5.73. The highest BCUT2D eigenvalue weighted by molar-refractivity contribution is 5.27. The molecule has 1 heterocycles. The van der Waals surface area contributed by atoms with Crippen LogP contribution >= 0.6 is 0 Å². The van der Waals surface area contributed by atoms with E-state index in [1.54, 1.807) is 0 Å². The van der Waals surface area contributed by atoms with E-state index in [-0.39, 0.29) is 13.0 Å². The molecule has 0 spiro atoms. The number of aryl methyl sites for hydroxylation is 1. The number of unbranched alkanes of at least 4 members (excludes halogenated alkanes) is 1. The molecule has 0 unspecified atom stereocenters. The monoisotopic (exact) mass is 394 g/mol. The number of hydrogen-bond donors (Lipinski definition) is 3. The molecule has 3 rings (SSSR count). The highest BCUT2D eigenvalue weighted by Crippen LogP contribution is 2.26. The molecule has 0 amide bonds. The van der Waals surface area contributed by atoms with E-state index in [9.17, 15) is 15.3 Å². The summed E-state index contributed by atoms with van der Waals surface area (Å²) in [5.41, 5.74) is 1.26. The van der Waals surface area contributed by atoms with Crippen LogP contribution in [0, 0.1) is 5.92 Å². The minimum atomic E-state index is -1.07. The van der Waals surface area contributed by atoms with Crippen LogP contribution in [-0.4, -0.2) is 59.7 Å². The third kappa shape index (κ3) is 6.42. The minimum absolute atomic E-state index is 0.190. The summed E-state index contributed by atoms with van der Waals surface area (Å²) in [6.45, 7) is 1.08. The second-order valence-electron chi connectivity index (χ2n) is 8.04. The Bertz CT molecular complexity index is 557. The van der Waals surface area contributed by atoms with Crippen LogP contribution in [-0.2, 0) is 15.9 Å². The lowest BCUT2D eigenvalue weighted by molar-refractivity contribution is -0.271. The number of rotatable bonds is 10. The third-order valence-electron chi connectivity index (χ3n) is 5.73.